The van der Waals surface area contributed by atoms with Crippen molar-refractivity contribution in [2.45, 2.75) is 53.1 Å². The number of aryl methyl sites for hydroxylation is 1. The molecular formula is C16H27N3. The zero-order valence-corrected chi connectivity index (χ0v) is 12.7. The minimum absolute atomic E-state index is 0.520. The standard InChI is InChI=1S/C16H27N3/c1-5-17-10-15-8-9-16(18-13(15)4)19(12(2)3)11-14-6-7-14/h8-9,12,14,17H,5-7,10-11H2,1-4H3. The lowest BCUT2D eigenvalue weighted by molar-refractivity contribution is 0.634. The molecule has 1 heterocycles. The van der Waals surface area contributed by atoms with Gasteiger partial charge in [0.1, 0.15) is 5.82 Å². The second-order valence-electron chi connectivity index (χ2n) is 5.88. The van der Waals surface area contributed by atoms with Crippen molar-refractivity contribution in [3.05, 3.63) is 23.4 Å². The molecule has 1 N–H and O–H groups in total. The number of hydrogen-bond donors (Lipinski definition) is 1. The van der Waals surface area contributed by atoms with Crippen LogP contribution in [-0.2, 0) is 6.54 Å². The average Bonchev–Trinajstić information content (AvgIpc) is 3.18. The summed E-state index contributed by atoms with van der Waals surface area (Å²) in [6.45, 7) is 11.8. The Kier molecular flexibility index (Phi) is 4.81. The Bertz CT molecular complexity index is 410. The molecule has 0 amide bonds. The molecule has 2 rings (SSSR count). The molecule has 106 valence electrons. The Morgan fingerprint density at radius 2 is 2.11 bits per heavy atom. The monoisotopic (exact) mass is 261 g/mol. The average molecular weight is 261 g/mol. The molecule has 1 aliphatic carbocycles. The van der Waals surface area contributed by atoms with Crippen LogP contribution in [0.15, 0.2) is 12.1 Å². The minimum atomic E-state index is 0.520. The quantitative estimate of drug-likeness (QED) is 0.817. The summed E-state index contributed by atoms with van der Waals surface area (Å²) >= 11 is 0. The van der Waals surface area contributed by atoms with Gasteiger partial charge in [-0.1, -0.05) is 13.0 Å². The summed E-state index contributed by atoms with van der Waals surface area (Å²) in [4.78, 5) is 7.26. The highest BCUT2D eigenvalue weighted by Crippen LogP contribution is 2.32. The molecule has 0 spiro atoms. The van der Waals surface area contributed by atoms with Crippen molar-refractivity contribution < 1.29 is 0 Å². The third-order valence-electron chi connectivity index (χ3n) is 3.82. The molecule has 1 aromatic rings. The highest BCUT2D eigenvalue weighted by Gasteiger charge is 2.26. The summed E-state index contributed by atoms with van der Waals surface area (Å²) in [7, 11) is 0. The lowest BCUT2D eigenvalue weighted by Gasteiger charge is -2.28. The summed E-state index contributed by atoms with van der Waals surface area (Å²) in [6.07, 6.45) is 2.78. The summed E-state index contributed by atoms with van der Waals surface area (Å²) in [5, 5.41) is 3.37. The van der Waals surface area contributed by atoms with Crippen LogP contribution in [-0.4, -0.2) is 24.1 Å². The van der Waals surface area contributed by atoms with Gasteiger partial charge in [-0.2, -0.15) is 0 Å². The van der Waals surface area contributed by atoms with Gasteiger partial charge in [0.25, 0.3) is 0 Å². The van der Waals surface area contributed by atoms with Crippen molar-refractivity contribution in [1.29, 1.82) is 0 Å². The van der Waals surface area contributed by atoms with Crippen LogP contribution >= 0.6 is 0 Å². The van der Waals surface area contributed by atoms with Gasteiger partial charge in [0, 0.05) is 24.8 Å². The van der Waals surface area contributed by atoms with Gasteiger partial charge in [0.15, 0.2) is 0 Å². The van der Waals surface area contributed by atoms with E-state index in [0.29, 0.717) is 6.04 Å². The highest BCUT2D eigenvalue weighted by atomic mass is 15.2. The topological polar surface area (TPSA) is 28.2 Å². The first kappa shape index (κ1) is 14.3. The summed E-state index contributed by atoms with van der Waals surface area (Å²) in [5.74, 6) is 2.03. The van der Waals surface area contributed by atoms with E-state index in [1.54, 1.807) is 0 Å². The van der Waals surface area contributed by atoms with E-state index in [2.05, 4.69) is 50.0 Å². The van der Waals surface area contributed by atoms with Crippen molar-refractivity contribution in [2.24, 2.45) is 5.92 Å². The van der Waals surface area contributed by atoms with Crippen LogP contribution in [0.4, 0.5) is 5.82 Å². The molecule has 0 aromatic carbocycles. The van der Waals surface area contributed by atoms with Crippen LogP contribution in [0.3, 0.4) is 0 Å². The number of nitrogens with one attached hydrogen (secondary N) is 1. The molecule has 3 heteroatoms. The first-order valence-corrected chi connectivity index (χ1v) is 7.55. The normalized spacial score (nSPS) is 15.0. The second kappa shape index (κ2) is 6.38. The fourth-order valence-corrected chi connectivity index (χ4v) is 2.33. The lowest BCUT2D eigenvalue weighted by atomic mass is 10.2. The fraction of sp³-hybridized carbons (Fsp3) is 0.688. The summed E-state index contributed by atoms with van der Waals surface area (Å²) < 4.78 is 0. The molecule has 0 radical (unpaired) electrons. The van der Waals surface area contributed by atoms with Gasteiger partial charge >= 0.3 is 0 Å². The number of pyridine rings is 1. The van der Waals surface area contributed by atoms with E-state index < -0.39 is 0 Å². The van der Waals surface area contributed by atoms with Crippen molar-refractivity contribution in [3.63, 3.8) is 0 Å². The minimum Gasteiger partial charge on any atom is -0.354 e. The predicted molar refractivity (Wildman–Crippen MR) is 81.6 cm³/mol. The largest absolute Gasteiger partial charge is 0.354 e. The van der Waals surface area contributed by atoms with E-state index in [1.165, 1.54) is 18.4 Å². The van der Waals surface area contributed by atoms with Crippen LogP contribution in [0.25, 0.3) is 0 Å². The van der Waals surface area contributed by atoms with Crippen molar-refractivity contribution in [2.75, 3.05) is 18.0 Å². The Morgan fingerprint density at radius 3 is 2.63 bits per heavy atom. The third kappa shape index (κ3) is 3.93. The van der Waals surface area contributed by atoms with E-state index in [9.17, 15) is 0 Å². The Labute approximate surface area is 117 Å². The molecule has 19 heavy (non-hydrogen) atoms. The van der Waals surface area contributed by atoms with Crippen molar-refractivity contribution in [3.8, 4) is 0 Å². The van der Waals surface area contributed by atoms with Crippen LogP contribution in [0.2, 0.25) is 0 Å². The molecule has 0 unspecified atom stereocenters. The summed E-state index contributed by atoms with van der Waals surface area (Å²) in [5.41, 5.74) is 2.46. The first-order chi connectivity index (χ1) is 9.11. The van der Waals surface area contributed by atoms with E-state index in [0.717, 1.165) is 37.1 Å². The fourth-order valence-electron chi connectivity index (χ4n) is 2.33. The highest BCUT2D eigenvalue weighted by molar-refractivity contribution is 5.42. The van der Waals surface area contributed by atoms with Gasteiger partial charge in [-0.15, -0.1) is 0 Å². The molecule has 0 bridgehead atoms. The molecular weight excluding hydrogens is 234 g/mol. The molecule has 3 nitrogen and oxygen atoms in total. The maximum absolute atomic E-state index is 4.81. The Hall–Kier alpha value is -1.09. The van der Waals surface area contributed by atoms with Gasteiger partial charge in [-0.05, 0) is 57.7 Å². The zero-order chi connectivity index (χ0) is 13.8. The van der Waals surface area contributed by atoms with Gasteiger partial charge in [-0.3, -0.25) is 0 Å². The Balaban J connectivity index is 2.11. The molecule has 0 aliphatic heterocycles. The van der Waals surface area contributed by atoms with E-state index in [4.69, 9.17) is 4.98 Å². The molecule has 0 saturated heterocycles. The van der Waals surface area contributed by atoms with Gasteiger partial charge < -0.3 is 10.2 Å². The molecule has 1 fully saturated rings. The predicted octanol–water partition coefficient (Wildman–Crippen LogP) is 3.12. The Morgan fingerprint density at radius 1 is 1.37 bits per heavy atom. The van der Waals surface area contributed by atoms with Crippen LogP contribution < -0.4 is 10.2 Å². The maximum Gasteiger partial charge on any atom is 0.129 e. The molecule has 0 atom stereocenters. The molecule has 1 aromatic heterocycles. The smallest absolute Gasteiger partial charge is 0.129 e. The van der Waals surface area contributed by atoms with Crippen LogP contribution in [0, 0.1) is 12.8 Å². The first-order valence-electron chi connectivity index (χ1n) is 7.55. The molecule has 1 aliphatic rings. The van der Waals surface area contributed by atoms with Crippen LogP contribution in [0.1, 0.15) is 44.9 Å². The SMILES string of the molecule is CCNCc1ccc(N(CC2CC2)C(C)C)nc1C. The zero-order valence-electron chi connectivity index (χ0n) is 12.7. The van der Waals surface area contributed by atoms with Crippen molar-refractivity contribution in [1.82, 2.24) is 10.3 Å². The van der Waals surface area contributed by atoms with Gasteiger partial charge in [0.05, 0.1) is 0 Å². The van der Waals surface area contributed by atoms with E-state index >= 15 is 0 Å². The van der Waals surface area contributed by atoms with E-state index in [1.807, 2.05) is 0 Å². The third-order valence-corrected chi connectivity index (χ3v) is 3.82. The number of hydrogen-bond acceptors (Lipinski definition) is 3. The molecule has 1 saturated carbocycles. The lowest BCUT2D eigenvalue weighted by Crippen LogP contribution is -2.33. The number of nitrogens with zero attached hydrogens (tertiary/aromatic N) is 2. The number of aromatic nitrogens is 1. The van der Waals surface area contributed by atoms with Gasteiger partial charge in [-0.25, -0.2) is 4.98 Å². The number of anilines is 1. The van der Waals surface area contributed by atoms with Crippen LogP contribution in [0.5, 0.6) is 0 Å². The second-order valence-corrected chi connectivity index (χ2v) is 5.88. The number of rotatable bonds is 7. The van der Waals surface area contributed by atoms with E-state index in [-0.39, 0.29) is 0 Å². The maximum atomic E-state index is 4.81. The van der Waals surface area contributed by atoms with Crippen molar-refractivity contribution >= 4 is 5.82 Å². The van der Waals surface area contributed by atoms with Gasteiger partial charge in [0.2, 0.25) is 0 Å². The summed E-state index contributed by atoms with van der Waals surface area (Å²) in [6, 6.07) is 4.93.